The van der Waals surface area contributed by atoms with Crippen molar-refractivity contribution >= 4 is 11.7 Å². The molecule has 1 N–H and O–H groups in total. The third-order valence-corrected chi connectivity index (χ3v) is 3.96. The number of hydrogen-bond donors (Lipinski definition) is 1. The van der Waals surface area contributed by atoms with E-state index in [1.807, 2.05) is 13.0 Å². The summed E-state index contributed by atoms with van der Waals surface area (Å²) in [6.07, 6.45) is 3.54. The Morgan fingerprint density at radius 1 is 1.53 bits per heavy atom. The second kappa shape index (κ2) is 5.59. The number of anilines is 1. The average Bonchev–Trinajstić information content (AvgIpc) is 2.37. The van der Waals surface area contributed by atoms with Gasteiger partial charge in [0.2, 0.25) is 0 Å². The van der Waals surface area contributed by atoms with E-state index in [1.54, 1.807) is 6.92 Å². The molecule has 1 atom stereocenters. The number of aromatic nitrogens is 1. The zero-order valence-corrected chi connectivity index (χ0v) is 11.9. The quantitative estimate of drug-likeness (QED) is 0.909. The molecule has 4 nitrogen and oxygen atoms in total. The van der Waals surface area contributed by atoms with Gasteiger partial charge in [-0.1, -0.05) is 13.3 Å². The lowest BCUT2D eigenvalue weighted by Gasteiger charge is -2.35. The van der Waals surface area contributed by atoms with Gasteiger partial charge in [0.15, 0.2) is 0 Å². The van der Waals surface area contributed by atoms with Crippen molar-refractivity contribution in [2.75, 3.05) is 18.0 Å². The number of carboxylic acids is 1. The molecule has 19 heavy (non-hydrogen) atoms. The van der Waals surface area contributed by atoms with Crippen molar-refractivity contribution < 1.29 is 9.90 Å². The smallest absolute Gasteiger partial charge is 0.339 e. The Morgan fingerprint density at radius 3 is 2.89 bits per heavy atom. The minimum atomic E-state index is -0.876. The van der Waals surface area contributed by atoms with Gasteiger partial charge in [0.05, 0.1) is 11.4 Å². The van der Waals surface area contributed by atoms with E-state index in [9.17, 15) is 9.90 Å². The Kier molecular flexibility index (Phi) is 4.08. The SMILES string of the molecule is CCC1CCCN(c2cc(C)nc(C)c2C(=O)O)C1. The number of piperidine rings is 1. The molecule has 0 aliphatic carbocycles. The number of nitrogens with zero attached hydrogens (tertiary/aromatic N) is 2. The summed E-state index contributed by atoms with van der Waals surface area (Å²) in [4.78, 5) is 18.0. The van der Waals surface area contributed by atoms with Gasteiger partial charge in [-0.05, 0) is 38.7 Å². The normalized spacial score (nSPS) is 19.5. The van der Waals surface area contributed by atoms with Crippen LogP contribution in [0.1, 0.15) is 47.9 Å². The molecule has 1 fully saturated rings. The summed E-state index contributed by atoms with van der Waals surface area (Å²) in [7, 11) is 0. The molecule has 2 rings (SSSR count). The molecular formula is C15H22N2O2. The molecular weight excluding hydrogens is 240 g/mol. The molecule has 1 aromatic rings. The summed E-state index contributed by atoms with van der Waals surface area (Å²) in [6, 6.07) is 1.91. The van der Waals surface area contributed by atoms with Gasteiger partial charge in [0.1, 0.15) is 5.56 Å². The fourth-order valence-corrected chi connectivity index (χ4v) is 2.94. The van der Waals surface area contributed by atoms with Gasteiger partial charge in [0.25, 0.3) is 0 Å². The summed E-state index contributed by atoms with van der Waals surface area (Å²) in [5.41, 5.74) is 2.70. The summed E-state index contributed by atoms with van der Waals surface area (Å²) in [6.45, 7) is 7.80. The fraction of sp³-hybridized carbons (Fsp3) is 0.600. The van der Waals surface area contributed by atoms with E-state index < -0.39 is 5.97 Å². The van der Waals surface area contributed by atoms with E-state index in [0.29, 0.717) is 17.2 Å². The van der Waals surface area contributed by atoms with E-state index >= 15 is 0 Å². The Balaban J connectivity index is 2.40. The van der Waals surface area contributed by atoms with Crippen molar-refractivity contribution in [1.29, 1.82) is 0 Å². The van der Waals surface area contributed by atoms with E-state index in [4.69, 9.17) is 0 Å². The zero-order valence-electron chi connectivity index (χ0n) is 11.9. The lowest BCUT2D eigenvalue weighted by molar-refractivity contribution is 0.0696. The van der Waals surface area contributed by atoms with Crippen LogP contribution >= 0.6 is 0 Å². The number of carboxylic acid groups (broad SMARTS) is 1. The number of rotatable bonds is 3. The van der Waals surface area contributed by atoms with Crippen LogP contribution in [0.4, 0.5) is 5.69 Å². The summed E-state index contributed by atoms with van der Waals surface area (Å²) < 4.78 is 0. The summed E-state index contributed by atoms with van der Waals surface area (Å²) in [5.74, 6) is -0.206. The van der Waals surface area contributed by atoms with E-state index in [-0.39, 0.29) is 0 Å². The van der Waals surface area contributed by atoms with Crippen molar-refractivity contribution in [3.05, 3.63) is 23.0 Å². The number of aromatic carboxylic acids is 1. The summed E-state index contributed by atoms with van der Waals surface area (Å²) >= 11 is 0. The highest BCUT2D eigenvalue weighted by Gasteiger charge is 2.24. The van der Waals surface area contributed by atoms with Gasteiger partial charge in [-0.15, -0.1) is 0 Å². The predicted octanol–water partition coefficient (Wildman–Crippen LogP) is 3.02. The lowest BCUT2D eigenvalue weighted by Crippen LogP contribution is -2.36. The van der Waals surface area contributed by atoms with Crippen LogP contribution in [-0.4, -0.2) is 29.1 Å². The molecule has 1 unspecified atom stereocenters. The van der Waals surface area contributed by atoms with Crippen LogP contribution in [0.5, 0.6) is 0 Å². The van der Waals surface area contributed by atoms with Crippen molar-refractivity contribution in [2.24, 2.45) is 5.92 Å². The molecule has 0 bridgehead atoms. The number of carbonyl (C=O) groups is 1. The Hall–Kier alpha value is -1.58. The Labute approximate surface area is 114 Å². The van der Waals surface area contributed by atoms with E-state index in [1.165, 1.54) is 6.42 Å². The lowest BCUT2D eigenvalue weighted by atomic mass is 9.94. The van der Waals surface area contributed by atoms with Crippen molar-refractivity contribution in [2.45, 2.75) is 40.0 Å². The molecule has 0 amide bonds. The first kappa shape index (κ1) is 13.8. The highest BCUT2D eigenvalue weighted by Crippen LogP contribution is 2.29. The second-order valence-electron chi connectivity index (χ2n) is 5.41. The van der Waals surface area contributed by atoms with Crippen LogP contribution in [0.3, 0.4) is 0 Å². The fourth-order valence-electron chi connectivity index (χ4n) is 2.94. The van der Waals surface area contributed by atoms with Crippen LogP contribution in [-0.2, 0) is 0 Å². The third kappa shape index (κ3) is 2.88. The van der Waals surface area contributed by atoms with Gasteiger partial charge < -0.3 is 10.0 Å². The number of pyridine rings is 1. The number of aryl methyl sites for hydroxylation is 2. The molecule has 1 aliphatic rings. The zero-order chi connectivity index (χ0) is 14.0. The van der Waals surface area contributed by atoms with Crippen LogP contribution in [0.25, 0.3) is 0 Å². The minimum Gasteiger partial charge on any atom is -0.478 e. The molecule has 1 aromatic heterocycles. The highest BCUT2D eigenvalue weighted by molar-refractivity contribution is 5.95. The van der Waals surface area contributed by atoms with Crippen LogP contribution < -0.4 is 4.90 Å². The van der Waals surface area contributed by atoms with Crippen molar-refractivity contribution in [3.63, 3.8) is 0 Å². The topological polar surface area (TPSA) is 53.4 Å². The van der Waals surface area contributed by atoms with Gasteiger partial charge in [-0.25, -0.2) is 4.79 Å². The Morgan fingerprint density at radius 2 is 2.26 bits per heavy atom. The molecule has 0 saturated carbocycles. The molecule has 1 saturated heterocycles. The predicted molar refractivity (Wildman–Crippen MR) is 75.9 cm³/mol. The monoisotopic (exact) mass is 262 g/mol. The number of hydrogen-bond acceptors (Lipinski definition) is 3. The van der Waals surface area contributed by atoms with Crippen LogP contribution in [0, 0.1) is 19.8 Å². The maximum Gasteiger partial charge on any atom is 0.339 e. The standard InChI is InChI=1S/C15H22N2O2/c1-4-12-6-5-7-17(9-12)13-8-10(2)16-11(3)14(13)15(18)19/h8,12H,4-7,9H2,1-3H3,(H,18,19). The van der Waals surface area contributed by atoms with Crippen molar-refractivity contribution in [3.8, 4) is 0 Å². The third-order valence-electron chi connectivity index (χ3n) is 3.96. The first-order chi connectivity index (χ1) is 9.02. The van der Waals surface area contributed by atoms with E-state index in [2.05, 4.69) is 16.8 Å². The first-order valence-electron chi connectivity index (χ1n) is 6.99. The molecule has 4 heteroatoms. The van der Waals surface area contributed by atoms with Gasteiger partial charge in [-0.3, -0.25) is 4.98 Å². The Bertz CT molecular complexity index is 485. The van der Waals surface area contributed by atoms with Gasteiger partial charge in [0, 0.05) is 18.8 Å². The molecule has 104 valence electrons. The minimum absolute atomic E-state index is 0.363. The average molecular weight is 262 g/mol. The molecule has 1 aliphatic heterocycles. The van der Waals surface area contributed by atoms with Crippen LogP contribution in [0.2, 0.25) is 0 Å². The largest absolute Gasteiger partial charge is 0.478 e. The van der Waals surface area contributed by atoms with Gasteiger partial charge >= 0.3 is 5.97 Å². The maximum atomic E-state index is 11.5. The summed E-state index contributed by atoms with van der Waals surface area (Å²) in [5, 5.41) is 9.42. The maximum absolute atomic E-state index is 11.5. The molecule has 0 radical (unpaired) electrons. The second-order valence-corrected chi connectivity index (χ2v) is 5.41. The van der Waals surface area contributed by atoms with Gasteiger partial charge in [-0.2, -0.15) is 0 Å². The molecule has 2 heterocycles. The highest BCUT2D eigenvalue weighted by atomic mass is 16.4. The van der Waals surface area contributed by atoms with E-state index in [0.717, 1.165) is 37.3 Å². The first-order valence-corrected chi connectivity index (χ1v) is 6.99. The van der Waals surface area contributed by atoms with Crippen LogP contribution in [0.15, 0.2) is 6.07 Å². The molecule has 0 spiro atoms. The molecule has 0 aromatic carbocycles. The van der Waals surface area contributed by atoms with Crippen molar-refractivity contribution in [1.82, 2.24) is 4.98 Å².